The van der Waals surface area contributed by atoms with Crippen LogP contribution < -0.4 is 0 Å². The van der Waals surface area contributed by atoms with E-state index in [9.17, 15) is 9.59 Å². The number of ether oxygens (including phenoxy) is 1. The van der Waals surface area contributed by atoms with Gasteiger partial charge >= 0.3 is 11.9 Å². The molecule has 0 saturated carbocycles. The van der Waals surface area contributed by atoms with Gasteiger partial charge in [-0.05, 0) is 12.8 Å². The van der Waals surface area contributed by atoms with Crippen molar-refractivity contribution in [2.75, 3.05) is 6.61 Å². The fraction of sp³-hybridized carbons (Fsp3) is 0.818. The van der Waals surface area contributed by atoms with Crippen molar-refractivity contribution in [2.45, 2.75) is 109 Å². The van der Waals surface area contributed by atoms with Crippen LogP contribution in [0.3, 0.4) is 0 Å². The van der Waals surface area contributed by atoms with Crippen LogP contribution in [0.4, 0.5) is 0 Å². The SMILES string of the molecule is C=CCOC(=O)CCCCCCCCCCCCCCCCCC(=O)O. The summed E-state index contributed by atoms with van der Waals surface area (Å²) in [7, 11) is 0. The zero-order valence-electron chi connectivity index (χ0n) is 16.7. The summed E-state index contributed by atoms with van der Waals surface area (Å²) in [5.74, 6) is -0.779. The van der Waals surface area contributed by atoms with Gasteiger partial charge in [-0.15, -0.1) is 0 Å². The predicted octanol–water partition coefficient (Wildman–Crippen LogP) is 6.43. The van der Waals surface area contributed by atoms with Crippen LogP contribution in [0.25, 0.3) is 0 Å². The van der Waals surface area contributed by atoms with Gasteiger partial charge in [-0.2, -0.15) is 0 Å². The van der Waals surface area contributed by atoms with Crippen LogP contribution in [0.1, 0.15) is 109 Å². The number of hydrogen-bond acceptors (Lipinski definition) is 3. The highest BCUT2D eigenvalue weighted by Gasteiger charge is 2.01. The van der Waals surface area contributed by atoms with Crippen LogP contribution in [-0.4, -0.2) is 23.7 Å². The molecule has 1 N–H and O–H groups in total. The minimum Gasteiger partial charge on any atom is -0.481 e. The summed E-state index contributed by atoms with van der Waals surface area (Å²) in [4.78, 5) is 21.7. The molecule has 0 saturated heterocycles. The molecule has 0 aromatic carbocycles. The fourth-order valence-corrected chi connectivity index (χ4v) is 3.07. The largest absolute Gasteiger partial charge is 0.481 e. The molecule has 0 aliphatic heterocycles. The molecule has 4 heteroatoms. The van der Waals surface area contributed by atoms with E-state index in [1.165, 1.54) is 70.6 Å². The topological polar surface area (TPSA) is 63.6 Å². The van der Waals surface area contributed by atoms with Crippen LogP contribution in [0, 0.1) is 0 Å². The number of rotatable bonds is 20. The Balaban J connectivity index is 3.08. The molecule has 0 heterocycles. The molecule has 26 heavy (non-hydrogen) atoms. The molecular weight excluding hydrogens is 328 g/mol. The van der Waals surface area contributed by atoms with Gasteiger partial charge in [0.1, 0.15) is 6.61 Å². The maximum atomic E-state index is 11.3. The highest BCUT2D eigenvalue weighted by atomic mass is 16.5. The Labute approximate surface area is 160 Å². The zero-order valence-corrected chi connectivity index (χ0v) is 16.7. The lowest BCUT2D eigenvalue weighted by Gasteiger charge is -2.04. The average molecular weight is 369 g/mol. The summed E-state index contributed by atoms with van der Waals surface area (Å²) in [6.45, 7) is 3.85. The van der Waals surface area contributed by atoms with Crippen molar-refractivity contribution >= 4 is 11.9 Å². The van der Waals surface area contributed by atoms with Crippen molar-refractivity contribution in [1.29, 1.82) is 0 Å². The highest BCUT2D eigenvalue weighted by Crippen LogP contribution is 2.14. The molecule has 0 aliphatic carbocycles. The molecule has 0 bridgehead atoms. The smallest absolute Gasteiger partial charge is 0.306 e. The van der Waals surface area contributed by atoms with Crippen molar-refractivity contribution in [1.82, 2.24) is 0 Å². The van der Waals surface area contributed by atoms with E-state index in [2.05, 4.69) is 6.58 Å². The van der Waals surface area contributed by atoms with Gasteiger partial charge in [0.2, 0.25) is 0 Å². The Hall–Kier alpha value is -1.32. The molecular formula is C22H40O4. The number of unbranched alkanes of at least 4 members (excludes halogenated alkanes) is 14. The van der Waals surface area contributed by atoms with Crippen LogP contribution in [-0.2, 0) is 14.3 Å². The van der Waals surface area contributed by atoms with E-state index in [0.717, 1.165) is 25.7 Å². The lowest BCUT2D eigenvalue weighted by atomic mass is 10.0. The third kappa shape index (κ3) is 20.7. The number of carboxylic acids is 1. The minimum atomic E-state index is -0.672. The second kappa shape index (κ2) is 20.0. The summed E-state index contributed by atoms with van der Waals surface area (Å²) >= 11 is 0. The number of aliphatic carboxylic acids is 1. The molecule has 0 fully saturated rings. The second-order valence-corrected chi connectivity index (χ2v) is 7.17. The van der Waals surface area contributed by atoms with E-state index in [4.69, 9.17) is 9.84 Å². The van der Waals surface area contributed by atoms with E-state index in [-0.39, 0.29) is 5.97 Å². The number of esters is 1. The van der Waals surface area contributed by atoms with Gasteiger partial charge < -0.3 is 9.84 Å². The maximum absolute atomic E-state index is 11.3. The monoisotopic (exact) mass is 368 g/mol. The number of carboxylic acid groups (broad SMARTS) is 1. The van der Waals surface area contributed by atoms with Gasteiger partial charge in [0.15, 0.2) is 0 Å². The van der Waals surface area contributed by atoms with Crippen LogP contribution in [0.5, 0.6) is 0 Å². The Bertz CT molecular complexity index is 352. The van der Waals surface area contributed by atoms with E-state index in [1.54, 1.807) is 6.08 Å². The van der Waals surface area contributed by atoms with Gasteiger partial charge in [-0.1, -0.05) is 96.1 Å². The van der Waals surface area contributed by atoms with Crippen molar-refractivity contribution in [3.05, 3.63) is 12.7 Å². The average Bonchev–Trinajstić information content (AvgIpc) is 2.62. The summed E-state index contributed by atoms with van der Waals surface area (Å²) in [6, 6.07) is 0. The first-order valence-electron chi connectivity index (χ1n) is 10.6. The van der Waals surface area contributed by atoms with Crippen molar-refractivity contribution in [3.8, 4) is 0 Å². The van der Waals surface area contributed by atoms with E-state index in [1.807, 2.05) is 0 Å². The molecule has 0 amide bonds. The van der Waals surface area contributed by atoms with Gasteiger partial charge in [0.05, 0.1) is 0 Å². The summed E-state index contributed by atoms with van der Waals surface area (Å²) in [5.41, 5.74) is 0. The highest BCUT2D eigenvalue weighted by molar-refractivity contribution is 5.69. The van der Waals surface area contributed by atoms with Crippen LogP contribution in [0.15, 0.2) is 12.7 Å². The van der Waals surface area contributed by atoms with Gasteiger partial charge in [0, 0.05) is 12.8 Å². The minimum absolute atomic E-state index is 0.106. The molecule has 0 atom stereocenters. The maximum Gasteiger partial charge on any atom is 0.306 e. The first-order chi connectivity index (χ1) is 12.7. The van der Waals surface area contributed by atoms with E-state index < -0.39 is 5.97 Å². The Morgan fingerprint density at radius 1 is 0.654 bits per heavy atom. The molecule has 4 nitrogen and oxygen atoms in total. The summed E-state index contributed by atoms with van der Waals surface area (Å²) < 4.78 is 4.95. The molecule has 0 aromatic heterocycles. The summed E-state index contributed by atoms with van der Waals surface area (Å²) in [5, 5.41) is 8.56. The second-order valence-electron chi connectivity index (χ2n) is 7.17. The van der Waals surface area contributed by atoms with E-state index >= 15 is 0 Å². The normalized spacial score (nSPS) is 10.6. The fourth-order valence-electron chi connectivity index (χ4n) is 3.07. The first-order valence-corrected chi connectivity index (χ1v) is 10.6. The summed E-state index contributed by atoms with van der Waals surface area (Å²) in [6.07, 6.45) is 20.6. The van der Waals surface area contributed by atoms with Crippen molar-refractivity contribution < 1.29 is 19.4 Å². The van der Waals surface area contributed by atoms with Gasteiger partial charge in [-0.3, -0.25) is 9.59 Å². The third-order valence-corrected chi connectivity index (χ3v) is 4.63. The molecule has 0 radical (unpaired) electrons. The lowest BCUT2D eigenvalue weighted by Crippen LogP contribution is -2.03. The molecule has 0 unspecified atom stereocenters. The number of carbonyl (C=O) groups is 2. The third-order valence-electron chi connectivity index (χ3n) is 4.63. The number of hydrogen-bond donors (Lipinski definition) is 1. The van der Waals surface area contributed by atoms with Crippen LogP contribution in [0.2, 0.25) is 0 Å². The standard InChI is InChI=1S/C22H40O4/c1-2-20-26-22(25)19-17-15-13-11-9-7-5-3-4-6-8-10-12-14-16-18-21(23)24/h2H,1,3-20H2,(H,23,24). The lowest BCUT2D eigenvalue weighted by molar-refractivity contribution is -0.142. The molecule has 152 valence electrons. The Kier molecular flexibility index (Phi) is 19.0. The predicted molar refractivity (Wildman–Crippen MR) is 107 cm³/mol. The Morgan fingerprint density at radius 3 is 1.35 bits per heavy atom. The quantitative estimate of drug-likeness (QED) is 0.153. The molecule has 0 aliphatic rings. The van der Waals surface area contributed by atoms with Crippen LogP contribution >= 0.6 is 0 Å². The van der Waals surface area contributed by atoms with E-state index in [0.29, 0.717) is 19.4 Å². The molecule has 0 spiro atoms. The van der Waals surface area contributed by atoms with Gasteiger partial charge in [0.25, 0.3) is 0 Å². The Morgan fingerprint density at radius 2 is 1.00 bits per heavy atom. The molecule has 0 aromatic rings. The van der Waals surface area contributed by atoms with Crippen molar-refractivity contribution in [2.24, 2.45) is 0 Å². The zero-order chi connectivity index (χ0) is 19.3. The van der Waals surface area contributed by atoms with Gasteiger partial charge in [-0.25, -0.2) is 0 Å². The van der Waals surface area contributed by atoms with Crippen molar-refractivity contribution in [3.63, 3.8) is 0 Å². The number of carbonyl (C=O) groups excluding carboxylic acids is 1. The first kappa shape index (κ1) is 24.7. The molecule has 0 rings (SSSR count).